The fourth-order valence-corrected chi connectivity index (χ4v) is 2.25. The molecule has 0 spiro atoms. The summed E-state index contributed by atoms with van der Waals surface area (Å²) in [6, 6.07) is 9.15. The van der Waals surface area contributed by atoms with Crippen LogP contribution in [0.25, 0.3) is 5.69 Å². The van der Waals surface area contributed by atoms with Gasteiger partial charge in [-0.2, -0.15) is 5.10 Å². The predicted octanol–water partition coefficient (Wildman–Crippen LogP) is 2.55. The lowest BCUT2D eigenvalue weighted by Crippen LogP contribution is -2.25. The molecular formula is C15H15ClN2O4. The molecule has 1 aromatic carbocycles. The maximum atomic E-state index is 12.2. The van der Waals surface area contributed by atoms with Crippen molar-refractivity contribution in [1.29, 1.82) is 0 Å². The highest BCUT2D eigenvalue weighted by atomic mass is 35.5. The summed E-state index contributed by atoms with van der Waals surface area (Å²) in [5, 5.41) is 4.37. The van der Waals surface area contributed by atoms with Crippen molar-refractivity contribution in [1.82, 2.24) is 9.78 Å². The van der Waals surface area contributed by atoms with Crippen LogP contribution < -0.4 is 0 Å². The minimum absolute atomic E-state index is 0.126. The standard InChI is InChI=1S/C15H15ClN2O4/c1-9-12(15(20)22-10(2)14(19)21-3)13(16)18(17-9)11-7-5-4-6-8-11/h4-8,10H,1-3H3/t10-/m1/s1. The quantitative estimate of drug-likeness (QED) is 0.809. The van der Waals surface area contributed by atoms with E-state index in [1.54, 1.807) is 6.92 Å². The van der Waals surface area contributed by atoms with Crippen LogP contribution in [0.3, 0.4) is 0 Å². The van der Waals surface area contributed by atoms with Crippen molar-refractivity contribution < 1.29 is 19.1 Å². The van der Waals surface area contributed by atoms with Gasteiger partial charge >= 0.3 is 11.9 Å². The molecule has 0 unspecified atom stereocenters. The number of nitrogens with zero attached hydrogens (tertiary/aromatic N) is 2. The predicted molar refractivity (Wildman–Crippen MR) is 80.2 cm³/mol. The number of benzene rings is 1. The molecule has 7 heteroatoms. The zero-order valence-electron chi connectivity index (χ0n) is 12.4. The molecule has 116 valence electrons. The van der Waals surface area contributed by atoms with Gasteiger partial charge in [0.15, 0.2) is 6.10 Å². The number of hydrogen-bond donors (Lipinski definition) is 0. The minimum atomic E-state index is -1.02. The molecule has 0 saturated heterocycles. The number of aromatic nitrogens is 2. The Morgan fingerprint density at radius 3 is 2.50 bits per heavy atom. The Morgan fingerprint density at radius 1 is 1.27 bits per heavy atom. The molecule has 0 saturated carbocycles. The molecule has 0 N–H and O–H groups in total. The van der Waals surface area contributed by atoms with Crippen molar-refractivity contribution in [3.05, 3.63) is 46.7 Å². The third-order valence-electron chi connectivity index (χ3n) is 3.03. The average Bonchev–Trinajstić information content (AvgIpc) is 2.82. The number of rotatable bonds is 4. The first-order valence-corrected chi connectivity index (χ1v) is 6.92. The summed E-state index contributed by atoms with van der Waals surface area (Å²) in [6.07, 6.45) is -1.02. The van der Waals surface area contributed by atoms with E-state index in [0.29, 0.717) is 5.69 Å². The number of hydrogen-bond acceptors (Lipinski definition) is 5. The van der Waals surface area contributed by atoms with Crippen LogP contribution in [0.15, 0.2) is 30.3 Å². The van der Waals surface area contributed by atoms with E-state index in [0.717, 1.165) is 5.69 Å². The molecule has 0 radical (unpaired) electrons. The largest absolute Gasteiger partial charge is 0.466 e. The van der Waals surface area contributed by atoms with Crippen LogP contribution in [0.1, 0.15) is 23.0 Å². The van der Waals surface area contributed by atoms with Crippen LogP contribution >= 0.6 is 11.6 Å². The van der Waals surface area contributed by atoms with Crippen LogP contribution in [0.4, 0.5) is 0 Å². The van der Waals surface area contributed by atoms with Crippen molar-refractivity contribution in [3.8, 4) is 5.69 Å². The van der Waals surface area contributed by atoms with E-state index in [1.807, 2.05) is 30.3 Å². The normalized spacial score (nSPS) is 11.8. The summed E-state index contributed by atoms with van der Waals surface area (Å²) in [7, 11) is 1.22. The van der Waals surface area contributed by atoms with E-state index < -0.39 is 18.0 Å². The molecule has 22 heavy (non-hydrogen) atoms. The Balaban J connectivity index is 2.31. The molecule has 1 atom stereocenters. The van der Waals surface area contributed by atoms with Crippen molar-refractivity contribution in [3.63, 3.8) is 0 Å². The van der Waals surface area contributed by atoms with Gasteiger partial charge in [-0.1, -0.05) is 29.8 Å². The SMILES string of the molecule is COC(=O)[C@@H](C)OC(=O)c1c(C)nn(-c2ccccc2)c1Cl. The number of halogens is 1. The number of para-hydroxylation sites is 1. The lowest BCUT2D eigenvalue weighted by Gasteiger charge is -2.10. The summed E-state index contributed by atoms with van der Waals surface area (Å²) in [5.74, 6) is -1.36. The zero-order chi connectivity index (χ0) is 16.3. The monoisotopic (exact) mass is 322 g/mol. The number of carbonyl (C=O) groups excluding carboxylic acids is 2. The summed E-state index contributed by atoms with van der Waals surface area (Å²) in [5.41, 5.74) is 1.26. The van der Waals surface area contributed by atoms with Crippen molar-refractivity contribution in [2.24, 2.45) is 0 Å². The van der Waals surface area contributed by atoms with Gasteiger partial charge in [0.25, 0.3) is 0 Å². The third-order valence-corrected chi connectivity index (χ3v) is 3.37. The fourth-order valence-electron chi connectivity index (χ4n) is 1.90. The Hall–Kier alpha value is -2.34. The Bertz CT molecular complexity index is 697. The van der Waals surface area contributed by atoms with Crippen LogP contribution in [0.5, 0.6) is 0 Å². The first kappa shape index (κ1) is 16.0. The first-order chi connectivity index (χ1) is 10.5. The summed E-state index contributed by atoms with van der Waals surface area (Å²) >= 11 is 6.24. The minimum Gasteiger partial charge on any atom is -0.466 e. The van der Waals surface area contributed by atoms with E-state index in [2.05, 4.69) is 9.84 Å². The van der Waals surface area contributed by atoms with E-state index in [1.165, 1.54) is 18.7 Å². The molecule has 0 aliphatic carbocycles. The van der Waals surface area contributed by atoms with Crippen LogP contribution in [0.2, 0.25) is 5.15 Å². The van der Waals surface area contributed by atoms with E-state index >= 15 is 0 Å². The molecule has 2 rings (SSSR count). The molecule has 6 nitrogen and oxygen atoms in total. The second kappa shape index (κ2) is 6.62. The highest BCUT2D eigenvalue weighted by molar-refractivity contribution is 6.33. The first-order valence-electron chi connectivity index (χ1n) is 6.55. The Kier molecular flexibility index (Phi) is 4.82. The Labute approximate surface area is 132 Å². The van der Waals surface area contributed by atoms with Gasteiger partial charge in [0, 0.05) is 0 Å². The number of carbonyl (C=O) groups is 2. The van der Waals surface area contributed by atoms with E-state index in [9.17, 15) is 9.59 Å². The van der Waals surface area contributed by atoms with Gasteiger partial charge in [0.05, 0.1) is 18.5 Å². The van der Waals surface area contributed by atoms with Gasteiger partial charge in [-0.15, -0.1) is 0 Å². The number of methoxy groups -OCH3 is 1. The number of ether oxygens (including phenoxy) is 2. The molecule has 0 amide bonds. The average molecular weight is 323 g/mol. The maximum Gasteiger partial charge on any atom is 0.346 e. The summed E-state index contributed by atoms with van der Waals surface area (Å²) in [4.78, 5) is 23.5. The van der Waals surface area contributed by atoms with Crippen LogP contribution in [-0.4, -0.2) is 34.9 Å². The highest BCUT2D eigenvalue weighted by Crippen LogP contribution is 2.24. The van der Waals surface area contributed by atoms with Gasteiger partial charge in [-0.25, -0.2) is 14.3 Å². The maximum absolute atomic E-state index is 12.2. The molecule has 1 aromatic heterocycles. The van der Waals surface area contributed by atoms with Gasteiger partial charge in [0.1, 0.15) is 10.7 Å². The van der Waals surface area contributed by atoms with Crippen molar-refractivity contribution >= 4 is 23.5 Å². The molecular weight excluding hydrogens is 308 g/mol. The number of esters is 2. The number of aryl methyl sites for hydroxylation is 1. The second-order valence-electron chi connectivity index (χ2n) is 4.57. The third kappa shape index (κ3) is 3.12. The fraction of sp³-hybridized carbons (Fsp3) is 0.267. The molecule has 1 heterocycles. The highest BCUT2D eigenvalue weighted by Gasteiger charge is 2.26. The lowest BCUT2D eigenvalue weighted by atomic mass is 10.2. The van der Waals surface area contributed by atoms with Crippen LogP contribution in [0, 0.1) is 6.92 Å². The molecule has 2 aromatic rings. The molecule has 0 bridgehead atoms. The molecule has 0 aliphatic heterocycles. The molecule has 0 fully saturated rings. The van der Waals surface area contributed by atoms with Gasteiger partial charge in [-0.05, 0) is 26.0 Å². The van der Waals surface area contributed by atoms with Gasteiger partial charge < -0.3 is 9.47 Å². The van der Waals surface area contributed by atoms with Gasteiger partial charge in [0.2, 0.25) is 0 Å². The van der Waals surface area contributed by atoms with Crippen LogP contribution in [-0.2, 0) is 14.3 Å². The zero-order valence-corrected chi connectivity index (χ0v) is 13.1. The smallest absolute Gasteiger partial charge is 0.346 e. The van der Waals surface area contributed by atoms with E-state index in [-0.39, 0.29) is 10.7 Å². The Morgan fingerprint density at radius 2 is 1.91 bits per heavy atom. The molecule has 0 aliphatic rings. The lowest BCUT2D eigenvalue weighted by molar-refractivity contribution is -0.149. The van der Waals surface area contributed by atoms with Gasteiger partial charge in [-0.3, -0.25) is 0 Å². The van der Waals surface area contributed by atoms with Crippen molar-refractivity contribution in [2.45, 2.75) is 20.0 Å². The second-order valence-corrected chi connectivity index (χ2v) is 4.93. The summed E-state index contributed by atoms with van der Waals surface area (Å²) in [6.45, 7) is 3.07. The van der Waals surface area contributed by atoms with Crippen molar-refractivity contribution in [2.75, 3.05) is 7.11 Å². The topological polar surface area (TPSA) is 70.4 Å². The summed E-state index contributed by atoms with van der Waals surface area (Å²) < 4.78 is 11.0. The van der Waals surface area contributed by atoms with E-state index in [4.69, 9.17) is 16.3 Å².